The summed E-state index contributed by atoms with van der Waals surface area (Å²) in [4.78, 5) is 4.54. The van der Waals surface area contributed by atoms with Crippen molar-refractivity contribution in [3.63, 3.8) is 0 Å². The van der Waals surface area contributed by atoms with Gasteiger partial charge < -0.3 is 4.74 Å². The number of nitrogens with one attached hydrogen (secondary N) is 1. The first-order valence-electron chi connectivity index (χ1n) is 7.15. The molecular formula is C17H16ClN3OS. The molecule has 0 aliphatic heterocycles. The van der Waals surface area contributed by atoms with Crippen molar-refractivity contribution in [3.05, 3.63) is 59.1 Å². The van der Waals surface area contributed by atoms with Gasteiger partial charge in [-0.25, -0.2) is 4.98 Å². The fourth-order valence-electron chi connectivity index (χ4n) is 2.20. The van der Waals surface area contributed by atoms with E-state index >= 15 is 0 Å². The number of halogens is 1. The van der Waals surface area contributed by atoms with Crippen LogP contribution in [0.25, 0.3) is 11.4 Å². The number of nitrogens with zero attached hydrogens (tertiary/aromatic N) is 2. The Balaban J connectivity index is 1.75. The average molecular weight is 346 g/mol. The topological polar surface area (TPSA) is 50.8 Å². The van der Waals surface area contributed by atoms with Crippen molar-refractivity contribution >= 4 is 23.4 Å². The summed E-state index contributed by atoms with van der Waals surface area (Å²) in [5.74, 6) is 1.55. The van der Waals surface area contributed by atoms with Gasteiger partial charge in [0.2, 0.25) is 5.16 Å². The Labute approximate surface area is 144 Å². The van der Waals surface area contributed by atoms with Crippen molar-refractivity contribution in [2.45, 2.75) is 17.3 Å². The van der Waals surface area contributed by atoms with E-state index in [4.69, 9.17) is 16.3 Å². The molecule has 0 amide bonds. The molecule has 1 atom stereocenters. The number of rotatable bonds is 5. The Morgan fingerprint density at radius 3 is 2.57 bits per heavy atom. The van der Waals surface area contributed by atoms with Crippen LogP contribution < -0.4 is 4.74 Å². The number of benzene rings is 2. The minimum absolute atomic E-state index is 0.170. The summed E-state index contributed by atoms with van der Waals surface area (Å²) in [5.41, 5.74) is 2.05. The monoisotopic (exact) mass is 345 g/mol. The molecule has 0 bridgehead atoms. The molecule has 0 fully saturated rings. The van der Waals surface area contributed by atoms with Crippen LogP contribution in [0.4, 0.5) is 0 Å². The molecule has 23 heavy (non-hydrogen) atoms. The predicted molar refractivity (Wildman–Crippen MR) is 94.1 cm³/mol. The highest BCUT2D eigenvalue weighted by atomic mass is 35.5. The maximum absolute atomic E-state index is 6.24. The van der Waals surface area contributed by atoms with Gasteiger partial charge in [-0.15, -0.1) is 5.10 Å². The number of ether oxygens (including phenoxy) is 1. The van der Waals surface area contributed by atoms with Crippen molar-refractivity contribution in [3.8, 4) is 17.1 Å². The fourth-order valence-corrected chi connectivity index (χ4v) is 3.46. The van der Waals surface area contributed by atoms with E-state index < -0.39 is 0 Å². The standard InChI is InChI=1S/C17H16ClN3OS/c1-11(14-5-3-4-6-15(14)18)23-17-19-16(20-21-17)12-7-9-13(22-2)10-8-12/h3-11H,1-2H3,(H,19,20,21)/t11-/m0/s1. The summed E-state index contributed by atoms with van der Waals surface area (Å²) in [5, 5.41) is 8.89. The average Bonchev–Trinajstić information content (AvgIpc) is 3.03. The third kappa shape index (κ3) is 3.68. The van der Waals surface area contributed by atoms with Crippen LogP contribution >= 0.6 is 23.4 Å². The van der Waals surface area contributed by atoms with Gasteiger partial charge in [-0.05, 0) is 42.8 Å². The maximum atomic E-state index is 6.24. The molecule has 1 aromatic heterocycles. The first kappa shape index (κ1) is 15.9. The van der Waals surface area contributed by atoms with Gasteiger partial charge in [0, 0.05) is 15.8 Å². The van der Waals surface area contributed by atoms with E-state index in [-0.39, 0.29) is 5.25 Å². The number of hydrogen-bond donors (Lipinski definition) is 1. The third-order valence-electron chi connectivity index (χ3n) is 3.45. The lowest BCUT2D eigenvalue weighted by Crippen LogP contribution is -1.90. The highest BCUT2D eigenvalue weighted by Gasteiger charge is 2.14. The quantitative estimate of drug-likeness (QED) is 0.662. The number of aromatic amines is 1. The molecule has 4 nitrogen and oxygen atoms in total. The summed E-state index contributed by atoms with van der Waals surface area (Å²) in [6.45, 7) is 2.09. The lowest BCUT2D eigenvalue weighted by Gasteiger charge is -2.10. The molecule has 3 aromatic rings. The largest absolute Gasteiger partial charge is 0.497 e. The molecule has 0 aliphatic carbocycles. The van der Waals surface area contributed by atoms with Crippen LogP contribution in [0.1, 0.15) is 17.7 Å². The lowest BCUT2D eigenvalue weighted by atomic mass is 10.2. The first-order chi connectivity index (χ1) is 11.2. The minimum atomic E-state index is 0.170. The Morgan fingerprint density at radius 2 is 1.87 bits per heavy atom. The Hall–Kier alpha value is -1.98. The predicted octanol–water partition coefficient (Wildman–Crippen LogP) is 4.99. The van der Waals surface area contributed by atoms with Crippen molar-refractivity contribution in [2.24, 2.45) is 0 Å². The van der Waals surface area contributed by atoms with Gasteiger partial charge in [0.05, 0.1) is 7.11 Å². The number of methoxy groups -OCH3 is 1. The molecule has 0 unspecified atom stereocenters. The van der Waals surface area contributed by atoms with E-state index in [2.05, 4.69) is 22.1 Å². The molecule has 6 heteroatoms. The third-order valence-corrected chi connectivity index (χ3v) is 4.80. The van der Waals surface area contributed by atoms with Crippen LogP contribution in [0.15, 0.2) is 53.7 Å². The zero-order chi connectivity index (χ0) is 16.2. The molecule has 1 heterocycles. The van der Waals surface area contributed by atoms with Gasteiger partial charge in [0.15, 0.2) is 5.82 Å². The lowest BCUT2D eigenvalue weighted by molar-refractivity contribution is 0.415. The molecule has 2 aromatic carbocycles. The number of H-pyrrole nitrogens is 1. The number of thioether (sulfide) groups is 1. The zero-order valence-corrected chi connectivity index (χ0v) is 14.4. The Kier molecular flexibility index (Phi) is 4.88. The molecular weight excluding hydrogens is 330 g/mol. The summed E-state index contributed by atoms with van der Waals surface area (Å²) in [6.07, 6.45) is 0. The van der Waals surface area contributed by atoms with E-state index in [0.717, 1.165) is 27.7 Å². The number of aromatic nitrogens is 3. The summed E-state index contributed by atoms with van der Waals surface area (Å²) in [7, 11) is 1.65. The second-order valence-corrected chi connectivity index (χ2v) is 6.69. The van der Waals surface area contributed by atoms with Gasteiger partial charge in [-0.3, -0.25) is 5.10 Å². The van der Waals surface area contributed by atoms with Crippen LogP contribution in [0, 0.1) is 0 Å². The molecule has 0 aliphatic rings. The van der Waals surface area contributed by atoms with E-state index in [9.17, 15) is 0 Å². The van der Waals surface area contributed by atoms with E-state index in [1.54, 1.807) is 18.9 Å². The van der Waals surface area contributed by atoms with Gasteiger partial charge in [-0.1, -0.05) is 41.6 Å². The molecule has 1 N–H and O–H groups in total. The van der Waals surface area contributed by atoms with Crippen LogP contribution in [0.3, 0.4) is 0 Å². The minimum Gasteiger partial charge on any atom is -0.497 e. The summed E-state index contributed by atoms with van der Waals surface area (Å²) >= 11 is 7.81. The number of hydrogen-bond acceptors (Lipinski definition) is 4. The fraction of sp³-hybridized carbons (Fsp3) is 0.176. The molecule has 0 spiro atoms. The molecule has 0 radical (unpaired) electrons. The van der Waals surface area contributed by atoms with Crippen molar-refractivity contribution in [2.75, 3.05) is 7.11 Å². The molecule has 0 saturated carbocycles. The summed E-state index contributed by atoms with van der Waals surface area (Å²) < 4.78 is 5.16. The molecule has 118 valence electrons. The smallest absolute Gasteiger partial charge is 0.209 e. The molecule has 3 rings (SSSR count). The van der Waals surface area contributed by atoms with Crippen molar-refractivity contribution < 1.29 is 4.74 Å². The van der Waals surface area contributed by atoms with E-state index in [1.807, 2.05) is 48.5 Å². The van der Waals surface area contributed by atoms with Crippen molar-refractivity contribution in [1.82, 2.24) is 15.2 Å². The normalized spacial score (nSPS) is 12.1. The summed E-state index contributed by atoms with van der Waals surface area (Å²) in [6, 6.07) is 15.5. The zero-order valence-electron chi connectivity index (χ0n) is 12.8. The van der Waals surface area contributed by atoms with Gasteiger partial charge in [-0.2, -0.15) is 0 Å². The Morgan fingerprint density at radius 1 is 1.13 bits per heavy atom. The molecule has 0 saturated heterocycles. The van der Waals surface area contributed by atoms with Crippen molar-refractivity contribution in [1.29, 1.82) is 0 Å². The van der Waals surface area contributed by atoms with Crippen LogP contribution in [0.2, 0.25) is 5.02 Å². The maximum Gasteiger partial charge on any atom is 0.209 e. The van der Waals surface area contributed by atoms with E-state index in [0.29, 0.717) is 5.16 Å². The van der Waals surface area contributed by atoms with Gasteiger partial charge in [0.25, 0.3) is 0 Å². The SMILES string of the molecule is COc1ccc(-c2nc(S[C@@H](C)c3ccccc3Cl)n[nH]2)cc1. The van der Waals surface area contributed by atoms with Gasteiger partial charge >= 0.3 is 0 Å². The second kappa shape index (κ2) is 7.06. The highest BCUT2D eigenvalue weighted by molar-refractivity contribution is 7.99. The van der Waals surface area contributed by atoms with Crippen LogP contribution in [0.5, 0.6) is 5.75 Å². The van der Waals surface area contributed by atoms with Crippen LogP contribution in [-0.4, -0.2) is 22.3 Å². The Bertz CT molecular complexity index is 789. The first-order valence-corrected chi connectivity index (χ1v) is 8.41. The van der Waals surface area contributed by atoms with Gasteiger partial charge in [0.1, 0.15) is 5.75 Å². The second-order valence-electron chi connectivity index (χ2n) is 4.98. The highest BCUT2D eigenvalue weighted by Crippen LogP contribution is 2.36. The van der Waals surface area contributed by atoms with Crippen LogP contribution in [-0.2, 0) is 0 Å². The van der Waals surface area contributed by atoms with E-state index in [1.165, 1.54) is 0 Å².